The maximum absolute atomic E-state index is 11.5. The molecular weight excluding hydrogens is 346 g/mol. The van der Waals surface area contributed by atoms with Crippen molar-refractivity contribution in [1.29, 1.82) is 0 Å². The maximum atomic E-state index is 11.5. The molecule has 5 atom stereocenters. The minimum atomic E-state index is -1.29. The van der Waals surface area contributed by atoms with Gasteiger partial charge < -0.3 is 25.0 Å². The number of hydrogen-bond donors (Lipinski definition) is 3. The lowest BCUT2D eigenvalue weighted by molar-refractivity contribution is -0.183. The van der Waals surface area contributed by atoms with E-state index in [4.69, 9.17) is 9.47 Å². The van der Waals surface area contributed by atoms with Gasteiger partial charge in [-0.25, -0.2) is 0 Å². The summed E-state index contributed by atoms with van der Waals surface area (Å²) in [5, 5.41) is 23.3. The highest BCUT2D eigenvalue weighted by Crippen LogP contribution is 2.33. The molecule has 1 aliphatic rings. The Morgan fingerprint density at radius 3 is 2.40 bits per heavy atom. The minimum absolute atomic E-state index is 0.175. The van der Waals surface area contributed by atoms with Gasteiger partial charge in [0.05, 0.1) is 6.04 Å². The molecule has 1 aliphatic heterocycles. The normalized spacial score (nSPS) is 29.1. The first kappa shape index (κ1) is 19.7. The van der Waals surface area contributed by atoms with Gasteiger partial charge in [0.15, 0.2) is 0 Å². The van der Waals surface area contributed by atoms with Gasteiger partial charge in [0, 0.05) is 18.7 Å². The molecule has 8 heteroatoms. The van der Waals surface area contributed by atoms with Crippen molar-refractivity contribution in [3.05, 3.63) is 29.8 Å². The summed E-state index contributed by atoms with van der Waals surface area (Å²) in [7, 11) is 0. The largest absolute Gasteiger partial charge is 0.463 e. The van der Waals surface area contributed by atoms with Gasteiger partial charge in [-0.15, -0.1) is 0 Å². The number of aliphatic hydroxyl groups is 2. The molecule has 25 heavy (non-hydrogen) atoms. The predicted octanol–water partition coefficient (Wildman–Crippen LogP) is 0.602. The zero-order valence-corrected chi connectivity index (χ0v) is 15.2. The molecule has 138 valence electrons. The monoisotopic (exact) mass is 369 g/mol. The Kier molecular flexibility index (Phi) is 6.83. The van der Waals surface area contributed by atoms with Crippen LogP contribution in [-0.2, 0) is 19.1 Å². The third kappa shape index (κ3) is 5.43. The van der Waals surface area contributed by atoms with E-state index < -0.39 is 35.8 Å². The summed E-state index contributed by atoms with van der Waals surface area (Å²) in [6.07, 6.45) is -3.42. The number of carbonyl (C=O) groups excluding carboxylic acids is 2. The number of ether oxygens (including phenoxy) is 2. The lowest BCUT2D eigenvalue weighted by Crippen LogP contribution is -2.63. The fourth-order valence-electron chi connectivity index (χ4n) is 2.51. The number of thioether (sulfide) groups is 1. The molecular formula is C17H23NO6S. The van der Waals surface area contributed by atoms with Crippen LogP contribution >= 0.6 is 11.8 Å². The van der Waals surface area contributed by atoms with E-state index in [1.165, 1.54) is 25.6 Å². The van der Waals surface area contributed by atoms with Crippen molar-refractivity contribution < 1.29 is 29.3 Å². The van der Waals surface area contributed by atoms with E-state index in [2.05, 4.69) is 5.32 Å². The Morgan fingerprint density at radius 2 is 1.84 bits per heavy atom. The lowest BCUT2D eigenvalue weighted by Gasteiger charge is -2.42. The number of nitrogens with one attached hydrogen (secondary N) is 1. The Balaban J connectivity index is 2.17. The van der Waals surface area contributed by atoms with Crippen LogP contribution in [0.15, 0.2) is 29.2 Å². The summed E-state index contributed by atoms with van der Waals surface area (Å²) >= 11 is 1.32. The fraction of sp³-hybridized carbons (Fsp3) is 0.529. The predicted molar refractivity (Wildman–Crippen MR) is 91.9 cm³/mol. The van der Waals surface area contributed by atoms with Crippen molar-refractivity contribution in [1.82, 2.24) is 5.32 Å². The molecule has 1 aromatic carbocycles. The highest BCUT2D eigenvalue weighted by atomic mass is 32.2. The van der Waals surface area contributed by atoms with E-state index in [1.807, 2.05) is 31.2 Å². The van der Waals surface area contributed by atoms with Crippen LogP contribution in [0.5, 0.6) is 0 Å². The van der Waals surface area contributed by atoms with Crippen LogP contribution in [0.25, 0.3) is 0 Å². The van der Waals surface area contributed by atoms with Gasteiger partial charge in [-0.05, 0) is 19.1 Å². The molecule has 0 spiro atoms. The molecule has 1 saturated heterocycles. The van der Waals surface area contributed by atoms with Gasteiger partial charge in [0.1, 0.15) is 30.4 Å². The van der Waals surface area contributed by atoms with Crippen LogP contribution in [0.4, 0.5) is 0 Å². The maximum Gasteiger partial charge on any atom is 0.302 e. The van der Waals surface area contributed by atoms with E-state index >= 15 is 0 Å². The second-order valence-electron chi connectivity index (χ2n) is 5.98. The van der Waals surface area contributed by atoms with Gasteiger partial charge in [0.25, 0.3) is 0 Å². The molecule has 0 saturated carbocycles. The molecule has 3 N–H and O–H groups in total. The van der Waals surface area contributed by atoms with E-state index in [0.717, 1.165) is 10.5 Å². The summed E-state index contributed by atoms with van der Waals surface area (Å²) < 4.78 is 10.7. The Labute approximate surface area is 150 Å². The van der Waals surface area contributed by atoms with Crippen LogP contribution in [0.3, 0.4) is 0 Å². The van der Waals surface area contributed by atoms with Gasteiger partial charge in [-0.2, -0.15) is 0 Å². The Bertz CT molecular complexity index is 606. The van der Waals surface area contributed by atoms with Crippen molar-refractivity contribution in [2.45, 2.75) is 55.5 Å². The van der Waals surface area contributed by atoms with Gasteiger partial charge in [-0.3, -0.25) is 9.59 Å². The van der Waals surface area contributed by atoms with Gasteiger partial charge in [-0.1, -0.05) is 29.5 Å². The number of benzene rings is 1. The van der Waals surface area contributed by atoms with E-state index in [9.17, 15) is 19.8 Å². The summed E-state index contributed by atoms with van der Waals surface area (Å²) in [6.45, 7) is 4.38. The lowest BCUT2D eigenvalue weighted by atomic mass is 9.98. The van der Waals surface area contributed by atoms with Crippen molar-refractivity contribution in [2.75, 3.05) is 6.61 Å². The standard InChI is InChI=1S/C17H23NO6S/c1-9-4-6-12(7-5-9)25-17-14(18-10(2)19)16(22)15(21)13(24-17)8-23-11(3)20/h4-7,13-17,21-22H,8H2,1-3H3,(H,18,19)/t13-,14-,15-,16-,17+/m1/s1. The molecule has 7 nitrogen and oxygen atoms in total. The fourth-order valence-corrected chi connectivity index (χ4v) is 3.64. The van der Waals surface area contributed by atoms with Crippen LogP contribution < -0.4 is 5.32 Å². The van der Waals surface area contributed by atoms with Crippen molar-refractivity contribution in [2.24, 2.45) is 0 Å². The molecule has 1 amide bonds. The molecule has 0 aromatic heterocycles. The van der Waals surface area contributed by atoms with Crippen molar-refractivity contribution >= 4 is 23.6 Å². The molecule has 0 unspecified atom stereocenters. The highest BCUT2D eigenvalue weighted by Gasteiger charge is 2.45. The van der Waals surface area contributed by atoms with Crippen molar-refractivity contribution in [3.63, 3.8) is 0 Å². The number of rotatable bonds is 5. The molecule has 2 rings (SSSR count). The zero-order chi connectivity index (χ0) is 18.6. The zero-order valence-electron chi connectivity index (χ0n) is 14.3. The first-order chi connectivity index (χ1) is 11.8. The number of esters is 1. The first-order valence-corrected chi connectivity index (χ1v) is 8.81. The summed E-state index contributed by atoms with van der Waals surface area (Å²) in [5.41, 5.74) is 0.459. The Morgan fingerprint density at radius 1 is 1.20 bits per heavy atom. The third-order valence-corrected chi connectivity index (χ3v) is 4.98. The van der Waals surface area contributed by atoms with E-state index in [-0.39, 0.29) is 12.5 Å². The Hall–Kier alpha value is -1.61. The molecule has 0 aliphatic carbocycles. The van der Waals surface area contributed by atoms with Gasteiger partial charge >= 0.3 is 5.97 Å². The van der Waals surface area contributed by atoms with E-state index in [0.29, 0.717) is 0 Å². The topological polar surface area (TPSA) is 105 Å². The molecule has 1 fully saturated rings. The highest BCUT2D eigenvalue weighted by molar-refractivity contribution is 7.99. The smallest absolute Gasteiger partial charge is 0.302 e. The average molecular weight is 369 g/mol. The van der Waals surface area contributed by atoms with Crippen LogP contribution in [-0.4, -0.2) is 58.5 Å². The first-order valence-electron chi connectivity index (χ1n) is 7.93. The number of carbonyl (C=O) groups is 2. The van der Waals surface area contributed by atoms with Crippen molar-refractivity contribution in [3.8, 4) is 0 Å². The van der Waals surface area contributed by atoms with Crippen LogP contribution in [0, 0.1) is 6.92 Å². The van der Waals surface area contributed by atoms with E-state index in [1.54, 1.807) is 0 Å². The second-order valence-corrected chi connectivity index (χ2v) is 7.16. The summed E-state index contributed by atoms with van der Waals surface area (Å²) in [6, 6.07) is 6.91. The molecule has 1 aromatic rings. The second kappa shape index (κ2) is 8.66. The quantitative estimate of drug-likeness (QED) is 0.653. The number of aryl methyl sites for hydroxylation is 1. The third-order valence-electron chi connectivity index (χ3n) is 3.79. The number of amides is 1. The number of hydrogen-bond acceptors (Lipinski definition) is 7. The molecule has 0 radical (unpaired) electrons. The molecule has 0 bridgehead atoms. The van der Waals surface area contributed by atoms with Gasteiger partial charge in [0.2, 0.25) is 5.91 Å². The summed E-state index contributed by atoms with van der Waals surface area (Å²) in [5.74, 6) is -0.843. The van der Waals surface area contributed by atoms with Crippen LogP contribution in [0.1, 0.15) is 19.4 Å². The number of aliphatic hydroxyl groups excluding tert-OH is 2. The van der Waals surface area contributed by atoms with Crippen LogP contribution in [0.2, 0.25) is 0 Å². The SMILES string of the molecule is CC(=O)N[C@@H]1[C@@H](O)[C@H](O)[C@@H](COC(C)=O)O[C@H]1Sc1ccc(C)cc1. The average Bonchev–Trinajstić information content (AvgIpc) is 2.54. The molecule has 1 heterocycles. The minimum Gasteiger partial charge on any atom is -0.463 e. The summed E-state index contributed by atoms with van der Waals surface area (Å²) in [4.78, 5) is 23.4.